The van der Waals surface area contributed by atoms with Crippen molar-refractivity contribution < 1.29 is 0 Å². The van der Waals surface area contributed by atoms with Crippen molar-refractivity contribution in [1.29, 1.82) is 0 Å². The van der Waals surface area contributed by atoms with Crippen LogP contribution in [0.15, 0.2) is 24.8 Å². The highest BCUT2D eigenvalue weighted by atomic mass is 35.5. The van der Waals surface area contributed by atoms with Gasteiger partial charge >= 0.3 is 0 Å². The molecule has 5 aromatic heterocycles. The van der Waals surface area contributed by atoms with Gasteiger partial charge in [0.25, 0.3) is 0 Å². The van der Waals surface area contributed by atoms with E-state index < -0.39 is 0 Å². The van der Waals surface area contributed by atoms with Gasteiger partial charge < -0.3 is 0 Å². The summed E-state index contributed by atoms with van der Waals surface area (Å²) in [4.78, 5) is 14.9. The molecule has 0 fully saturated rings. The normalized spacial score (nSPS) is 12.0. The molecule has 0 amide bonds. The van der Waals surface area contributed by atoms with Gasteiger partial charge in [-0.1, -0.05) is 11.6 Å². The van der Waals surface area contributed by atoms with Crippen molar-refractivity contribution in [2.45, 2.75) is 20.4 Å². The molecule has 0 aliphatic heterocycles. The standard InChI is InChI=1S/C16H12ClN7S/c1-8-3-9(2)20-16-12(8)13-14(25-16)15-21-11(22-24(15)7-18-13)6-23-5-10(17)4-19-23/h3-5,7H,6H2,1-2H3. The number of thiophene rings is 1. The molecule has 0 aliphatic rings. The molecular weight excluding hydrogens is 358 g/mol. The van der Waals surface area contributed by atoms with Crippen LogP contribution in [-0.4, -0.2) is 34.3 Å². The van der Waals surface area contributed by atoms with Crippen LogP contribution < -0.4 is 0 Å². The summed E-state index contributed by atoms with van der Waals surface area (Å²) >= 11 is 7.51. The Balaban J connectivity index is 1.73. The summed E-state index contributed by atoms with van der Waals surface area (Å²) in [7, 11) is 0. The number of aromatic nitrogens is 7. The molecular formula is C16H12ClN7S. The SMILES string of the molecule is Cc1cc(C)c2c(n1)sc1c2ncn2nc(Cn3cc(Cl)cn3)nc12. The van der Waals surface area contributed by atoms with Crippen molar-refractivity contribution in [1.82, 2.24) is 34.3 Å². The van der Waals surface area contributed by atoms with Crippen LogP contribution in [0.4, 0.5) is 0 Å². The van der Waals surface area contributed by atoms with Gasteiger partial charge in [0.05, 0.1) is 16.7 Å². The molecule has 124 valence electrons. The molecule has 0 radical (unpaired) electrons. The molecule has 0 aliphatic carbocycles. The zero-order chi connectivity index (χ0) is 17.1. The van der Waals surface area contributed by atoms with Gasteiger partial charge in [0.2, 0.25) is 0 Å². The fourth-order valence-corrected chi connectivity index (χ4v) is 4.43. The second-order valence-corrected chi connectivity index (χ2v) is 7.37. The maximum absolute atomic E-state index is 5.91. The predicted molar refractivity (Wildman–Crippen MR) is 97.3 cm³/mol. The molecule has 0 saturated heterocycles. The Bertz CT molecular complexity index is 1270. The van der Waals surface area contributed by atoms with Gasteiger partial charge in [-0.3, -0.25) is 4.68 Å². The monoisotopic (exact) mass is 369 g/mol. The van der Waals surface area contributed by atoms with E-state index in [2.05, 4.69) is 38.1 Å². The average molecular weight is 370 g/mol. The molecule has 9 heteroatoms. The Kier molecular flexibility index (Phi) is 3.07. The molecule has 0 aromatic carbocycles. The van der Waals surface area contributed by atoms with Gasteiger partial charge in [-0.25, -0.2) is 19.5 Å². The molecule has 5 heterocycles. The predicted octanol–water partition coefficient (Wildman–Crippen LogP) is 3.40. The number of fused-ring (bicyclic) bond motifs is 5. The number of pyridine rings is 1. The van der Waals surface area contributed by atoms with E-state index in [4.69, 9.17) is 11.6 Å². The minimum absolute atomic E-state index is 0.456. The summed E-state index contributed by atoms with van der Waals surface area (Å²) in [6.07, 6.45) is 5.05. The molecule has 0 atom stereocenters. The minimum Gasteiger partial charge on any atom is -0.263 e. The third kappa shape index (κ3) is 2.29. The maximum atomic E-state index is 5.91. The maximum Gasteiger partial charge on any atom is 0.176 e. The molecule has 25 heavy (non-hydrogen) atoms. The summed E-state index contributed by atoms with van der Waals surface area (Å²) in [6.45, 7) is 4.55. The first-order valence-electron chi connectivity index (χ1n) is 7.67. The van der Waals surface area contributed by atoms with Crippen LogP contribution in [0.25, 0.3) is 26.1 Å². The molecule has 0 bridgehead atoms. The molecule has 0 unspecified atom stereocenters. The Morgan fingerprint density at radius 2 is 2.12 bits per heavy atom. The number of aryl methyl sites for hydroxylation is 2. The fourth-order valence-electron chi connectivity index (χ4n) is 3.05. The third-order valence-electron chi connectivity index (χ3n) is 4.04. The van der Waals surface area contributed by atoms with E-state index in [1.54, 1.807) is 39.3 Å². The Labute approximate surface area is 150 Å². The van der Waals surface area contributed by atoms with Gasteiger partial charge in [-0.15, -0.1) is 16.4 Å². The van der Waals surface area contributed by atoms with Crippen molar-refractivity contribution in [3.63, 3.8) is 0 Å². The van der Waals surface area contributed by atoms with Crippen LogP contribution in [0.2, 0.25) is 5.02 Å². The van der Waals surface area contributed by atoms with Crippen molar-refractivity contribution in [3.8, 4) is 0 Å². The van der Waals surface area contributed by atoms with Crippen LogP contribution in [0.5, 0.6) is 0 Å². The van der Waals surface area contributed by atoms with E-state index in [0.717, 1.165) is 31.8 Å². The van der Waals surface area contributed by atoms with Crippen molar-refractivity contribution in [3.05, 3.63) is 46.9 Å². The summed E-state index contributed by atoms with van der Waals surface area (Å²) < 4.78 is 4.41. The molecule has 5 rings (SSSR count). The number of hydrogen-bond acceptors (Lipinski definition) is 6. The topological polar surface area (TPSA) is 73.8 Å². The van der Waals surface area contributed by atoms with Gasteiger partial charge in [0.15, 0.2) is 11.5 Å². The Morgan fingerprint density at radius 1 is 1.24 bits per heavy atom. The van der Waals surface area contributed by atoms with E-state index in [1.807, 2.05) is 6.92 Å². The van der Waals surface area contributed by atoms with Gasteiger partial charge in [0, 0.05) is 17.3 Å². The summed E-state index contributed by atoms with van der Waals surface area (Å²) in [5.41, 5.74) is 3.90. The molecule has 5 aromatic rings. The van der Waals surface area contributed by atoms with Crippen LogP contribution in [-0.2, 0) is 6.54 Å². The summed E-state index contributed by atoms with van der Waals surface area (Å²) in [5, 5.41) is 10.4. The largest absolute Gasteiger partial charge is 0.263 e. The number of nitrogens with zero attached hydrogens (tertiary/aromatic N) is 7. The number of rotatable bonds is 2. The molecule has 0 saturated carbocycles. The third-order valence-corrected chi connectivity index (χ3v) is 5.31. The number of halogens is 1. The van der Waals surface area contributed by atoms with Gasteiger partial charge in [0.1, 0.15) is 22.4 Å². The molecule has 7 nitrogen and oxygen atoms in total. The average Bonchev–Trinajstić information content (AvgIpc) is 3.22. The zero-order valence-corrected chi connectivity index (χ0v) is 15.0. The van der Waals surface area contributed by atoms with Crippen molar-refractivity contribution in [2.24, 2.45) is 0 Å². The van der Waals surface area contributed by atoms with Gasteiger partial charge in [-0.05, 0) is 25.5 Å². The molecule has 0 spiro atoms. The van der Waals surface area contributed by atoms with Gasteiger partial charge in [-0.2, -0.15) is 5.10 Å². The van der Waals surface area contributed by atoms with Crippen LogP contribution in [0, 0.1) is 13.8 Å². The van der Waals surface area contributed by atoms with Crippen LogP contribution in [0.3, 0.4) is 0 Å². The molecule has 0 N–H and O–H groups in total. The fraction of sp³-hybridized carbons (Fsp3) is 0.188. The zero-order valence-electron chi connectivity index (χ0n) is 13.4. The Morgan fingerprint density at radius 3 is 2.92 bits per heavy atom. The second-order valence-electron chi connectivity index (χ2n) is 5.94. The highest BCUT2D eigenvalue weighted by Gasteiger charge is 2.16. The lowest BCUT2D eigenvalue weighted by molar-refractivity contribution is 0.653. The van der Waals surface area contributed by atoms with Crippen LogP contribution >= 0.6 is 22.9 Å². The van der Waals surface area contributed by atoms with E-state index in [1.165, 1.54) is 5.56 Å². The first kappa shape index (κ1) is 14.7. The van der Waals surface area contributed by atoms with E-state index in [0.29, 0.717) is 17.4 Å². The van der Waals surface area contributed by atoms with Crippen molar-refractivity contribution >= 4 is 49.0 Å². The summed E-state index contributed by atoms with van der Waals surface area (Å²) in [6, 6.07) is 2.08. The van der Waals surface area contributed by atoms with Crippen LogP contribution in [0.1, 0.15) is 17.1 Å². The van der Waals surface area contributed by atoms with E-state index in [9.17, 15) is 0 Å². The smallest absolute Gasteiger partial charge is 0.176 e. The summed E-state index contributed by atoms with van der Waals surface area (Å²) in [5.74, 6) is 0.660. The highest BCUT2D eigenvalue weighted by molar-refractivity contribution is 7.26. The second kappa shape index (κ2) is 5.21. The quantitative estimate of drug-likeness (QED) is 0.476. The lowest BCUT2D eigenvalue weighted by atomic mass is 10.1. The lowest BCUT2D eigenvalue weighted by Gasteiger charge is -1.98. The number of hydrogen-bond donors (Lipinski definition) is 0. The van der Waals surface area contributed by atoms with Crippen molar-refractivity contribution in [2.75, 3.05) is 0 Å². The Hall–Kier alpha value is -2.58. The minimum atomic E-state index is 0.456. The van der Waals surface area contributed by atoms with E-state index in [-0.39, 0.29) is 0 Å². The first-order chi connectivity index (χ1) is 12.1. The highest BCUT2D eigenvalue weighted by Crippen LogP contribution is 2.35. The first-order valence-corrected chi connectivity index (χ1v) is 8.86. The lowest BCUT2D eigenvalue weighted by Crippen LogP contribution is -2.01. The van der Waals surface area contributed by atoms with E-state index >= 15 is 0 Å².